The lowest BCUT2D eigenvalue weighted by molar-refractivity contribution is 0.466. The third-order valence-electron chi connectivity index (χ3n) is 7.24. The van der Waals surface area contributed by atoms with E-state index in [-0.39, 0.29) is 11.5 Å². The molecule has 0 atom stereocenters. The standard InChI is InChI=1S/C34H26O2/c1-21-29(23-13-5-3-6-14-23)25-17-9-11-19-27(25)31(33(21)35)32-28-20-12-10-18-26(28)30(22(2)34(32)36)24-15-7-4-8-16-24/h3-20,35-36H,1-2H3. The molecule has 2 nitrogen and oxygen atoms in total. The number of rotatable bonds is 3. The predicted molar refractivity (Wildman–Crippen MR) is 151 cm³/mol. The molecule has 36 heavy (non-hydrogen) atoms. The van der Waals surface area contributed by atoms with Crippen molar-refractivity contribution in [3.63, 3.8) is 0 Å². The minimum absolute atomic E-state index is 0.194. The van der Waals surface area contributed by atoms with E-state index in [9.17, 15) is 10.2 Å². The van der Waals surface area contributed by atoms with Crippen molar-refractivity contribution in [1.29, 1.82) is 0 Å². The normalized spacial score (nSPS) is 11.3. The van der Waals surface area contributed by atoms with Crippen molar-refractivity contribution in [2.75, 3.05) is 0 Å². The molecule has 0 aromatic heterocycles. The van der Waals surface area contributed by atoms with Crippen molar-refractivity contribution in [3.05, 3.63) is 120 Å². The Morgan fingerprint density at radius 1 is 0.361 bits per heavy atom. The van der Waals surface area contributed by atoms with Crippen molar-refractivity contribution in [2.24, 2.45) is 0 Å². The lowest BCUT2D eigenvalue weighted by Crippen LogP contribution is -1.96. The van der Waals surface area contributed by atoms with Gasteiger partial charge in [0, 0.05) is 11.1 Å². The Morgan fingerprint density at radius 3 is 0.972 bits per heavy atom. The van der Waals surface area contributed by atoms with Gasteiger partial charge < -0.3 is 10.2 Å². The van der Waals surface area contributed by atoms with Crippen molar-refractivity contribution < 1.29 is 10.2 Å². The summed E-state index contributed by atoms with van der Waals surface area (Å²) in [6.07, 6.45) is 0. The summed E-state index contributed by atoms with van der Waals surface area (Å²) in [5, 5.41) is 27.4. The summed E-state index contributed by atoms with van der Waals surface area (Å²) in [5.74, 6) is 0.389. The van der Waals surface area contributed by atoms with Gasteiger partial charge in [-0.25, -0.2) is 0 Å². The summed E-state index contributed by atoms with van der Waals surface area (Å²) >= 11 is 0. The molecule has 0 radical (unpaired) electrons. The monoisotopic (exact) mass is 466 g/mol. The zero-order valence-corrected chi connectivity index (χ0v) is 20.3. The first-order chi connectivity index (χ1) is 17.6. The fraction of sp³-hybridized carbons (Fsp3) is 0.0588. The lowest BCUT2D eigenvalue weighted by Gasteiger charge is -2.22. The first-order valence-corrected chi connectivity index (χ1v) is 12.2. The Morgan fingerprint density at radius 2 is 0.639 bits per heavy atom. The highest BCUT2D eigenvalue weighted by Crippen LogP contribution is 2.52. The second-order valence-corrected chi connectivity index (χ2v) is 9.27. The molecule has 0 spiro atoms. The Balaban J connectivity index is 1.77. The van der Waals surface area contributed by atoms with E-state index in [0.29, 0.717) is 11.1 Å². The molecule has 0 fully saturated rings. The van der Waals surface area contributed by atoms with Crippen molar-refractivity contribution in [1.82, 2.24) is 0 Å². The van der Waals surface area contributed by atoms with E-state index in [1.54, 1.807) is 0 Å². The fourth-order valence-electron chi connectivity index (χ4n) is 5.57. The van der Waals surface area contributed by atoms with E-state index in [2.05, 4.69) is 36.4 Å². The zero-order chi connectivity index (χ0) is 24.8. The molecule has 0 aliphatic heterocycles. The van der Waals surface area contributed by atoms with Crippen LogP contribution in [0.5, 0.6) is 11.5 Å². The molecular weight excluding hydrogens is 440 g/mol. The van der Waals surface area contributed by atoms with E-state index in [4.69, 9.17) is 0 Å². The molecule has 0 amide bonds. The van der Waals surface area contributed by atoms with Crippen molar-refractivity contribution >= 4 is 21.5 Å². The highest BCUT2D eigenvalue weighted by Gasteiger charge is 2.25. The summed E-state index contributed by atoms with van der Waals surface area (Å²) in [6, 6.07) is 36.6. The van der Waals surface area contributed by atoms with Gasteiger partial charge in [-0.3, -0.25) is 0 Å². The molecule has 2 N–H and O–H groups in total. The molecule has 0 aliphatic carbocycles. The van der Waals surface area contributed by atoms with Gasteiger partial charge in [0.2, 0.25) is 0 Å². The van der Waals surface area contributed by atoms with Crippen LogP contribution in [0.1, 0.15) is 11.1 Å². The van der Waals surface area contributed by atoms with Crippen LogP contribution < -0.4 is 0 Å². The molecule has 174 valence electrons. The van der Waals surface area contributed by atoms with Crippen LogP contribution in [0.2, 0.25) is 0 Å². The topological polar surface area (TPSA) is 40.5 Å². The molecule has 0 bridgehead atoms. The molecule has 0 aliphatic rings. The summed E-state index contributed by atoms with van der Waals surface area (Å²) < 4.78 is 0. The van der Waals surface area contributed by atoms with Crippen LogP contribution >= 0.6 is 0 Å². The van der Waals surface area contributed by atoms with Crippen LogP contribution in [0.15, 0.2) is 109 Å². The number of phenolic OH excluding ortho intramolecular Hbond substituents is 2. The summed E-state index contributed by atoms with van der Waals surface area (Å²) in [6.45, 7) is 3.91. The summed E-state index contributed by atoms with van der Waals surface area (Å²) in [7, 11) is 0. The lowest BCUT2D eigenvalue weighted by atomic mass is 9.83. The van der Waals surface area contributed by atoms with Gasteiger partial charge >= 0.3 is 0 Å². The number of benzene rings is 6. The molecular formula is C34H26O2. The SMILES string of the molecule is Cc1c(O)c(-c2c(O)c(C)c(-c3ccccc3)c3ccccc23)c2ccccc2c1-c1ccccc1. The Hall–Kier alpha value is -4.56. The highest BCUT2D eigenvalue weighted by atomic mass is 16.3. The largest absolute Gasteiger partial charge is 0.507 e. The molecule has 2 heteroatoms. The molecule has 6 aromatic rings. The summed E-state index contributed by atoms with van der Waals surface area (Å²) in [5.41, 5.74) is 7.04. The van der Waals surface area contributed by atoms with Gasteiger partial charge in [-0.2, -0.15) is 0 Å². The maximum absolute atomic E-state index is 11.7. The Bertz CT molecular complexity index is 1620. The Labute approximate surface area is 210 Å². The van der Waals surface area contributed by atoms with E-state index < -0.39 is 0 Å². The van der Waals surface area contributed by atoms with Gasteiger partial charge in [0.25, 0.3) is 0 Å². The van der Waals surface area contributed by atoms with Crippen LogP contribution in [0.25, 0.3) is 54.9 Å². The van der Waals surface area contributed by atoms with Crippen LogP contribution in [0.3, 0.4) is 0 Å². The second kappa shape index (κ2) is 8.58. The molecule has 0 saturated carbocycles. The molecule has 6 aromatic carbocycles. The molecule has 6 rings (SSSR count). The zero-order valence-electron chi connectivity index (χ0n) is 20.3. The smallest absolute Gasteiger partial charge is 0.127 e. The third kappa shape index (κ3) is 3.26. The van der Waals surface area contributed by atoms with Crippen LogP contribution in [-0.2, 0) is 0 Å². The first-order valence-electron chi connectivity index (χ1n) is 12.2. The molecule has 0 heterocycles. The van der Waals surface area contributed by atoms with Gasteiger partial charge in [-0.15, -0.1) is 0 Å². The number of hydrogen-bond donors (Lipinski definition) is 2. The highest BCUT2D eigenvalue weighted by molar-refractivity contribution is 6.17. The van der Waals surface area contributed by atoms with E-state index >= 15 is 0 Å². The van der Waals surface area contributed by atoms with Gasteiger partial charge in [-0.1, -0.05) is 109 Å². The van der Waals surface area contributed by atoms with Crippen LogP contribution in [0.4, 0.5) is 0 Å². The van der Waals surface area contributed by atoms with E-state index in [1.165, 1.54) is 0 Å². The Kier molecular flexibility index (Phi) is 5.23. The second-order valence-electron chi connectivity index (χ2n) is 9.27. The van der Waals surface area contributed by atoms with Crippen LogP contribution in [-0.4, -0.2) is 10.2 Å². The average Bonchev–Trinajstić information content (AvgIpc) is 2.92. The van der Waals surface area contributed by atoms with Gasteiger partial charge in [0.15, 0.2) is 0 Å². The number of fused-ring (bicyclic) bond motifs is 2. The minimum atomic E-state index is 0.194. The predicted octanol–water partition coefficient (Wildman–Crippen LogP) is 9.02. The average molecular weight is 467 g/mol. The first kappa shape index (κ1) is 21.9. The minimum Gasteiger partial charge on any atom is -0.507 e. The van der Waals surface area contributed by atoms with Crippen molar-refractivity contribution in [2.45, 2.75) is 13.8 Å². The fourth-order valence-corrected chi connectivity index (χ4v) is 5.57. The molecule has 0 unspecified atom stereocenters. The van der Waals surface area contributed by atoms with Crippen LogP contribution in [0, 0.1) is 13.8 Å². The van der Waals surface area contributed by atoms with Gasteiger partial charge in [-0.05, 0) is 68.8 Å². The van der Waals surface area contributed by atoms with Gasteiger partial charge in [0.05, 0.1) is 0 Å². The van der Waals surface area contributed by atoms with Crippen molar-refractivity contribution in [3.8, 4) is 44.9 Å². The van der Waals surface area contributed by atoms with E-state index in [1.807, 2.05) is 86.6 Å². The number of aromatic hydroxyl groups is 2. The van der Waals surface area contributed by atoms with Gasteiger partial charge in [0.1, 0.15) is 11.5 Å². The summed E-state index contributed by atoms with van der Waals surface area (Å²) in [4.78, 5) is 0. The molecule has 0 saturated heterocycles. The maximum atomic E-state index is 11.7. The maximum Gasteiger partial charge on any atom is 0.127 e. The third-order valence-corrected chi connectivity index (χ3v) is 7.24. The number of hydrogen-bond acceptors (Lipinski definition) is 2. The quantitative estimate of drug-likeness (QED) is 0.273. The number of phenols is 2. The van der Waals surface area contributed by atoms with E-state index in [0.717, 1.165) is 54.9 Å².